The molecule has 0 saturated heterocycles. The van der Waals surface area contributed by atoms with E-state index >= 15 is 0 Å². The number of amides is 1. The Morgan fingerprint density at radius 2 is 1.69 bits per heavy atom. The number of hydrogen-bond donors (Lipinski definition) is 1. The highest BCUT2D eigenvalue weighted by Crippen LogP contribution is 2.49. The average molecular weight is 486 g/mol. The van der Waals surface area contributed by atoms with Gasteiger partial charge in [0, 0.05) is 18.5 Å². The molecule has 1 fully saturated rings. The molecule has 35 heavy (non-hydrogen) atoms. The number of thiophene rings is 1. The minimum absolute atomic E-state index is 0.0970. The smallest absolute Gasteiger partial charge is 0.350 e. The number of pyridine rings is 1. The summed E-state index contributed by atoms with van der Waals surface area (Å²) in [5, 5.41) is 3.82. The van der Waals surface area contributed by atoms with Gasteiger partial charge in [-0.1, -0.05) is 60.7 Å². The number of hydrogen-bond acceptors (Lipinski definition) is 6. The zero-order valence-corrected chi connectivity index (χ0v) is 20.6. The first-order valence-electron chi connectivity index (χ1n) is 11.6. The molecule has 1 aliphatic carbocycles. The third-order valence-corrected chi connectivity index (χ3v) is 7.54. The largest absolute Gasteiger partial charge is 0.465 e. The van der Waals surface area contributed by atoms with Crippen LogP contribution in [0.3, 0.4) is 0 Å². The summed E-state index contributed by atoms with van der Waals surface area (Å²) in [6.07, 6.45) is 1.57. The van der Waals surface area contributed by atoms with Crippen molar-refractivity contribution in [2.45, 2.75) is 31.3 Å². The van der Waals surface area contributed by atoms with E-state index in [4.69, 9.17) is 9.72 Å². The van der Waals surface area contributed by atoms with Gasteiger partial charge < -0.3 is 10.1 Å². The van der Waals surface area contributed by atoms with E-state index < -0.39 is 11.4 Å². The highest BCUT2D eigenvalue weighted by molar-refractivity contribution is 7.21. The van der Waals surface area contributed by atoms with Gasteiger partial charge in [0.2, 0.25) is 5.91 Å². The van der Waals surface area contributed by atoms with Crippen LogP contribution in [0.15, 0.2) is 72.8 Å². The van der Waals surface area contributed by atoms with Gasteiger partial charge in [-0.3, -0.25) is 9.69 Å². The summed E-state index contributed by atoms with van der Waals surface area (Å²) in [6.45, 7) is 1.47. The molecule has 0 aliphatic heterocycles. The van der Waals surface area contributed by atoms with Crippen molar-refractivity contribution in [2.75, 3.05) is 19.5 Å². The molecule has 7 heteroatoms. The molecular weight excluding hydrogens is 458 g/mol. The molecule has 1 saturated carbocycles. The molecular formula is C28H27N3O3S. The monoisotopic (exact) mass is 485 g/mol. The molecule has 6 nitrogen and oxygen atoms in total. The minimum Gasteiger partial charge on any atom is -0.465 e. The summed E-state index contributed by atoms with van der Waals surface area (Å²) in [5.74, 6) is -0.573. The number of anilines is 1. The predicted octanol–water partition coefficient (Wildman–Crippen LogP) is 5.39. The van der Waals surface area contributed by atoms with Crippen LogP contribution in [0.1, 0.15) is 39.3 Å². The number of rotatable bonds is 8. The Hall–Kier alpha value is -3.55. The number of ether oxygens (including phenoxy) is 1. The highest BCUT2D eigenvalue weighted by Gasteiger charge is 2.51. The topological polar surface area (TPSA) is 71.5 Å². The zero-order valence-electron chi connectivity index (χ0n) is 19.8. The second-order valence-electron chi connectivity index (χ2n) is 9.01. The van der Waals surface area contributed by atoms with Crippen LogP contribution in [0.5, 0.6) is 0 Å². The summed E-state index contributed by atoms with van der Waals surface area (Å²) in [7, 11) is 3.40. The molecule has 2 aromatic heterocycles. The van der Waals surface area contributed by atoms with Gasteiger partial charge in [0.05, 0.1) is 23.9 Å². The molecule has 0 unspecified atom stereocenters. The molecule has 1 N–H and O–H groups in total. The lowest BCUT2D eigenvalue weighted by atomic mass is 9.95. The van der Waals surface area contributed by atoms with Gasteiger partial charge in [-0.25, -0.2) is 9.78 Å². The number of nitrogens with zero attached hydrogens (tertiary/aromatic N) is 2. The van der Waals surface area contributed by atoms with Crippen LogP contribution < -0.4 is 5.32 Å². The van der Waals surface area contributed by atoms with Crippen molar-refractivity contribution >= 4 is 39.1 Å². The summed E-state index contributed by atoms with van der Waals surface area (Å²) in [6, 6.07) is 24.0. The van der Waals surface area contributed by atoms with Gasteiger partial charge in [0.25, 0.3) is 0 Å². The van der Waals surface area contributed by atoms with Crippen molar-refractivity contribution < 1.29 is 14.3 Å². The molecule has 178 valence electrons. The van der Waals surface area contributed by atoms with E-state index in [9.17, 15) is 9.59 Å². The van der Waals surface area contributed by atoms with E-state index in [-0.39, 0.29) is 5.91 Å². The Bertz CT molecular complexity index is 1360. The van der Waals surface area contributed by atoms with Crippen LogP contribution in [-0.2, 0) is 28.0 Å². The number of methoxy groups -OCH3 is 1. The Kier molecular flexibility index (Phi) is 6.36. The van der Waals surface area contributed by atoms with E-state index in [0.717, 1.165) is 36.0 Å². The second kappa shape index (κ2) is 9.60. The molecule has 1 aliphatic rings. The summed E-state index contributed by atoms with van der Waals surface area (Å²) < 4.78 is 5.02. The molecule has 0 spiro atoms. The van der Waals surface area contributed by atoms with Crippen molar-refractivity contribution in [3.63, 3.8) is 0 Å². The molecule has 4 aromatic rings. The minimum atomic E-state index is -0.545. The van der Waals surface area contributed by atoms with E-state index in [2.05, 4.69) is 29.4 Å². The lowest BCUT2D eigenvalue weighted by Crippen LogP contribution is -2.28. The van der Waals surface area contributed by atoms with E-state index in [1.54, 1.807) is 0 Å². The van der Waals surface area contributed by atoms with E-state index in [1.165, 1.54) is 24.0 Å². The third-order valence-electron chi connectivity index (χ3n) is 6.46. The van der Waals surface area contributed by atoms with Crippen LogP contribution in [0.4, 0.5) is 5.69 Å². The first-order chi connectivity index (χ1) is 17.0. The number of aromatic nitrogens is 1. The molecule has 5 rings (SSSR count). The Labute approximate surface area is 208 Å². The lowest BCUT2D eigenvalue weighted by Gasteiger charge is -2.17. The van der Waals surface area contributed by atoms with Gasteiger partial charge in [0.15, 0.2) is 0 Å². The normalized spacial score (nSPS) is 14.1. The number of benzene rings is 2. The van der Waals surface area contributed by atoms with E-state index in [1.807, 2.05) is 60.7 Å². The van der Waals surface area contributed by atoms with Crippen molar-refractivity contribution in [2.24, 2.45) is 0 Å². The predicted molar refractivity (Wildman–Crippen MR) is 139 cm³/mol. The first kappa shape index (κ1) is 23.2. The van der Waals surface area contributed by atoms with Gasteiger partial charge in [-0.05, 0) is 43.1 Å². The van der Waals surface area contributed by atoms with Gasteiger partial charge in [-0.2, -0.15) is 0 Å². The molecule has 0 radical (unpaired) electrons. The Morgan fingerprint density at radius 1 is 1.00 bits per heavy atom. The molecule has 0 bridgehead atoms. The van der Waals surface area contributed by atoms with Crippen LogP contribution in [0.25, 0.3) is 10.2 Å². The molecule has 1 amide bonds. The molecule has 2 aromatic carbocycles. The SMILES string of the molecule is COC(=O)c1sc2nc(CN(C)Cc3ccccc3)ccc2c1NC(=O)C1(c2ccccc2)CC1. The summed E-state index contributed by atoms with van der Waals surface area (Å²) in [4.78, 5) is 34.1. The fourth-order valence-corrected chi connectivity index (χ4v) is 5.52. The number of esters is 1. The highest BCUT2D eigenvalue weighted by atomic mass is 32.1. The van der Waals surface area contributed by atoms with Crippen LogP contribution in [0.2, 0.25) is 0 Å². The fraction of sp³-hybridized carbons (Fsp3) is 0.250. The number of carbonyl (C=O) groups excluding carboxylic acids is 2. The lowest BCUT2D eigenvalue weighted by molar-refractivity contribution is -0.118. The van der Waals surface area contributed by atoms with Gasteiger partial charge in [0.1, 0.15) is 9.71 Å². The molecule has 2 heterocycles. The fourth-order valence-electron chi connectivity index (χ4n) is 4.46. The standard InChI is InChI=1S/C28H27N3O3S/c1-31(17-19-9-5-3-6-10-19)18-21-13-14-22-23(24(26(32)34-2)35-25(22)29-21)30-27(33)28(15-16-28)20-11-7-4-8-12-20/h3-14H,15-18H2,1-2H3,(H,30,33). The van der Waals surface area contributed by atoms with Crippen molar-refractivity contribution in [3.8, 4) is 0 Å². The maximum Gasteiger partial charge on any atom is 0.350 e. The third kappa shape index (κ3) is 4.70. The molecule has 0 atom stereocenters. The van der Waals surface area contributed by atoms with Crippen molar-refractivity contribution in [3.05, 3.63) is 94.5 Å². The van der Waals surface area contributed by atoms with Crippen molar-refractivity contribution in [1.82, 2.24) is 9.88 Å². The number of nitrogens with one attached hydrogen (secondary N) is 1. The van der Waals surface area contributed by atoms with Crippen LogP contribution >= 0.6 is 11.3 Å². The summed E-state index contributed by atoms with van der Waals surface area (Å²) in [5.41, 5.74) is 3.07. The van der Waals surface area contributed by atoms with Gasteiger partial charge in [-0.15, -0.1) is 11.3 Å². The Morgan fingerprint density at radius 3 is 2.34 bits per heavy atom. The van der Waals surface area contributed by atoms with E-state index in [0.29, 0.717) is 21.9 Å². The second-order valence-corrected chi connectivity index (χ2v) is 10.0. The average Bonchev–Trinajstić information content (AvgIpc) is 3.62. The van der Waals surface area contributed by atoms with Crippen LogP contribution in [-0.4, -0.2) is 35.9 Å². The maximum absolute atomic E-state index is 13.4. The Balaban J connectivity index is 1.41. The van der Waals surface area contributed by atoms with Crippen molar-refractivity contribution in [1.29, 1.82) is 0 Å². The zero-order chi connectivity index (χ0) is 24.4. The van der Waals surface area contributed by atoms with Gasteiger partial charge >= 0.3 is 5.97 Å². The maximum atomic E-state index is 13.4. The first-order valence-corrected chi connectivity index (χ1v) is 12.4. The number of carbonyl (C=O) groups is 2. The summed E-state index contributed by atoms with van der Waals surface area (Å²) >= 11 is 1.25. The number of fused-ring (bicyclic) bond motifs is 1. The quantitative estimate of drug-likeness (QED) is 0.339. The van der Waals surface area contributed by atoms with Crippen LogP contribution in [0, 0.1) is 0 Å².